The minimum Gasteiger partial charge on any atom is -0.497 e. The number of halogens is 1. The highest BCUT2D eigenvalue weighted by Crippen LogP contribution is 2.29. The standard InChI is InChI=1S/C19H17ClN2O4/c1-24-15-7-8-16(18(11-15)25-2)21-19(23)10-14-9-17(26-22-14)12-3-5-13(20)6-4-12/h3-9,11H,10H2,1-2H3,(H,21,23). The van der Waals surface area contributed by atoms with E-state index in [-0.39, 0.29) is 12.3 Å². The van der Waals surface area contributed by atoms with E-state index in [2.05, 4.69) is 10.5 Å². The van der Waals surface area contributed by atoms with Gasteiger partial charge in [-0.1, -0.05) is 16.8 Å². The topological polar surface area (TPSA) is 73.6 Å². The Kier molecular flexibility index (Phi) is 5.43. The quantitative estimate of drug-likeness (QED) is 0.702. The highest BCUT2D eigenvalue weighted by Gasteiger charge is 2.13. The molecule has 3 aromatic rings. The number of nitrogens with one attached hydrogen (secondary N) is 1. The highest BCUT2D eigenvalue weighted by atomic mass is 35.5. The normalized spacial score (nSPS) is 10.4. The van der Waals surface area contributed by atoms with Crippen LogP contribution in [-0.4, -0.2) is 25.3 Å². The minimum atomic E-state index is -0.232. The van der Waals surface area contributed by atoms with Crippen molar-refractivity contribution in [3.63, 3.8) is 0 Å². The van der Waals surface area contributed by atoms with Crippen molar-refractivity contribution in [2.45, 2.75) is 6.42 Å². The molecule has 0 bridgehead atoms. The number of carbonyl (C=O) groups excluding carboxylic acids is 1. The largest absolute Gasteiger partial charge is 0.497 e. The van der Waals surface area contributed by atoms with Crippen molar-refractivity contribution in [3.05, 3.63) is 59.2 Å². The summed E-state index contributed by atoms with van der Waals surface area (Å²) in [7, 11) is 3.09. The Morgan fingerprint density at radius 3 is 2.58 bits per heavy atom. The van der Waals surface area contributed by atoms with Gasteiger partial charge in [0.1, 0.15) is 11.5 Å². The number of hydrogen-bond acceptors (Lipinski definition) is 5. The van der Waals surface area contributed by atoms with Crippen LogP contribution in [0.4, 0.5) is 5.69 Å². The minimum absolute atomic E-state index is 0.0757. The second-order valence-corrected chi connectivity index (χ2v) is 5.92. The molecule has 26 heavy (non-hydrogen) atoms. The van der Waals surface area contributed by atoms with Crippen LogP contribution in [0.25, 0.3) is 11.3 Å². The van der Waals surface area contributed by atoms with Gasteiger partial charge in [-0.3, -0.25) is 4.79 Å². The van der Waals surface area contributed by atoms with Crippen LogP contribution < -0.4 is 14.8 Å². The van der Waals surface area contributed by atoms with Gasteiger partial charge in [0.2, 0.25) is 5.91 Å². The predicted octanol–water partition coefficient (Wildman–Crippen LogP) is 4.19. The Morgan fingerprint density at radius 1 is 1.12 bits per heavy atom. The molecule has 1 heterocycles. The molecule has 0 radical (unpaired) electrons. The number of aromatic nitrogens is 1. The molecule has 0 atom stereocenters. The van der Waals surface area contributed by atoms with Crippen LogP contribution in [0.3, 0.4) is 0 Å². The molecule has 1 aromatic heterocycles. The fourth-order valence-corrected chi connectivity index (χ4v) is 2.53. The van der Waals surface area contributed by atoms with Crippen LogP contribution >= 0.6 is 11.6 Å². The first-order valence-corrected chi connectivity index (χ1v) is 8.20. The van der Waals surface area contributed by atoms with Gasteiger partial charge in [0.25, 0.3) is 0 Å². The third-order valence-electron chi connectivity index (χ3n) is 3.71. The lowest BCUT2D eigenvalue weighted by molar-refractivity contribution is -0.115. The molecule has 134 valence electrons. The van der Waals surface area contributed by atoms with E-state index in [4.69, 9.17) is 25.6 Å². The molecule has 1 amide bonds. The third-order valence-corrected chi connectivity index (χ3v) is 3.96. The van der Waals surface area contributed by atoms with Crippen LogP contribution in [0.2, 0.25) is 5.02 Å². The maximum absolute atomic E-state index is 12.3. The van der Waals surface area contributed by atoms with Crippen molar-refractivity contribution in [1.82, 2.24) is 5.16 Å². The first-order chi connectivity index (χ1) is 12.6. The molecule has 0 unspecified atom stereocenters. The fourth-order valence-electron chi connectivity index (χ4n) is 2.41. The molecule has 0 aliphatic heterocycles. The van der Waals surface area contributed by atoms with Crippen LogP contribution in [0.1, 0.15) is 5.69 Å². The van der Waals surface area contributed by atoms with Crippen molar-refractivity contribution >= 4 is 23.2 Å². The van der Waals surface area contributed by atoms with Gasteiger partial charge in [-0.05, 0) is 36.4 Å². The van der Waals surface area contributed by atoms with Gasteiger partial charge in [0.05, 0.1) is 32.0 Å². The summed E-state index contributed by atoms with van der Waals surface area (Å²) < 4.78 is 15.7. The summed E-state index contributed by atoms with van der Waals surface area (Å²) in [6, 6.07) is 14.1. The second kappa shape index (κ2) is 7.93. The Hall–Kier alpha value is -2.99. The van der Waals surface area contributed by atoms with Crippen LogP contribution in [0.5, 0.6) is 11.5 Å². The van der Waals surface area contributed by atoms with E-state index >= 15 is 0 Å². The molecule has 0 fully saturated rings. The molecule has 7 heteroatoms. The lowest BCUT2D eigenvalue weighted by atomic mass is 10.1. The van der Waals surface area contributed by atoms with E-state index in [1.54, 1.807) is 43.5 Å². The van der Waals surface area contributed by atoms with E-state index in [1.165, 1.54) is 7.11 Å². The molecule has 0 aliphatic rings. The number of methoxy groups -OCH3 is 2. The summed E-state index contributed by atoms with van der Waals surface area (Å²) in [5, 5.41) is 7.39. The molecule has 3 rings (SSSR count). The van der Waals surface area contributed by atoms with Crippen molar-refractivity contribution in [2.24, 2.45) is 0 Å². The number of hydrogen-bond donors (Lipinski definition) is 1. The Balaban J connectivity index is 1.68. The predicted molar refractivity (Wildman–Crippen MR) is 98.8 cm³/mol. The van der Waals surface area contributed by atoms with E-state index in [0.29, 0.717) is 33.7 Å². The van der Waals surface area contributed by atoms with E-state index < -0.39 is 0 Å². The third kappa shape index (κ3) is 4.15. The first-order valence-electron chi connectivity index (χ1n) is 7.82. The number of nitrogens with zero attached hydrogens (tertiary/aromatic N) is 1. The van der Waals surface area contributed by atoms with E-state index in [9.17, 15) is 4.79 Å². The van der Waals surface area contributed by atoms with Crippen LogP contribution in [0, 0.1) is 0 Å². The maximum atomic E-state index is 12.3. The summed E-state index contributed by atoms with van der Waals surface area (Å²) >= 11 is 5.88. The number of benzene rings is 2. The highest BCUT2D eigenvalue weighted by molar-refractivity contribution is 6.30. The van der Waals surface area contributed by atoms with Gasteiger partial charge in [0.15, 0.2) is 5.76 Å². The van der Waals surface area contributed by atoms with Crippen LogP contribution in [-0.2, 0) is 11.2 Å². The van der Waals surface area contributed by atoms with E-state index in [0.717, 1.165) is 5.56 Å². The van der Waals surface area contributed by atoms with Gasteiger partial charge in [0, 0.05) is 22.7 Å². The number of ether oxygens (including phenoxy) is 2. The maximum Gasteiger partial charge on any atom is 0.230 e. The van der Waals surface area contributed by atoms with Crippen molar-refractivity contribution in [1.29, 1.82) is 0 Å². The Labute approximate surface area is 155 Å². The zero-order valence-corrected chi connectivity index (χ0v) is 15.0. The number of amides is 1. The fraction of sp³-hybridized carbons (Fsp3) is 0.158. The van der Waals surface area contributed by atoms with Crippen LogP contribution in [0.15, 0.2) is 53.1 Å². The average molecular weight is 373 g/mol. The lowest BCUT2D eigenvalue weighted by Crippen LogP contribution is -2.15. The van der Waals surface area contributed by atoms with Gasteiger partial charge in [-0.2, -0.15) is 0 Å². The molecule has 0 saturated heterocycles. The molecule has 0 spiro atoms. The molecule has 0 saturated carbocycles. The zero-order chi connectivity index (χ0) is 18.5. The SMILES string of the molecule is COc1ccc(NC(=O)Cc2cc(-c3ccc(Cl)cc3)on2)c(OC)c1. The summed E-state index contributed by atoms with van der Waals surface area (Å²) in [6.45, 7) is 0. The zero-order valence-electron chi connectivity index (χ0n) is 14.3. The summed E-state index contributed by atoms with van der Waals surface area (Å²) in [6.07, 6.45) is 0.0757. The molecule has 0 aliphatic carbocycles. The first kappa shape index (κ1) is 17.8. The van der Waals surface area contributed by atoms with Gasteiger partial charge in [-0.25, -0.2) is 0 Å². The number of anilines is 1. The Morgan fingerprint density at radius 2 is 1.88 bits per heavy atom. The summed E-state index contributed by atoms with van der Waals surface area (Å²) in [4.78, 5) is 12.3. The smallest absolute Gasteiger partial charge is 0.230 e. The van der Waals surface area contributed by atoms with Gasteiger partial charge < -0.3 is 19.3 Å². The second-order valence-electron chi connectivity index (χ2n) is 5.48. The van der Waals surface area contributed by atoms with Crippen molar-refractivity contribution in [3.8, 4) is 22.8 Å². The number of carbonyl (C=O) groups is 1. The monoisotopic (exact) mass is 372 g/mol. The molecule has 1 N–H and O–H groups in total. The van der Waals surface area contributed by atoms with Crippen molar-refractivity contribution in [2.75, 3.05) is 19.5 Å². The van der Waals surface area contributed by atoms with Gasteiger partial charge >= 0.3 is 0 Å². The molecule has 2 aromatic carbocycles. The molecular formula is C19H17ClN2O4. The van der Waals surface area contributed by atoms with E-state index in [1.807, 2.05) is 12.1 Å². The Bertz CT molecular complexity index is 906. The lowest BCUT2D eigenvalue weighted by Gasteiger charge is -2.11. The van der Waals surface area contributed by atoms with Crippen molar-refractivity contribution < 1.29 is 18.8 Å². The summed E-state index contributed by atoms with van der Waals surface area (Å²) in [5.41, 5.74) is 1.92. The number of rotatable bonds is 6. The van der Waals surface area contributed by atoms with Gasteiger partial charge in [-0.15, -0.1) is 0 Å². The average Bonchev–Trinajstić information content (AvgIpc) is 3.11. The molecule has 6 nitrogen and oxygen atoms in total. The molecular weight excluding hydrogens is 356 g/mol. The summed E-state index contributed by atoms with van der Waals surface area (Å²) in [5.74, 6) is 1.50.